The zero-order valence-corrected chi connectivity index (χ0v) is 11.3. The number of nitrogens with two attached hydrogens (primary N) is 1. The van der Waals surface area contributed by atoms with E-state index in [-0.39, 0.29) is 5.91 Å². The molecule has 2 rings (SSSR count). The lowest BCUT2D eigenvalue weighted by molar-refractivity contribution is 0.103. The summed E-state index contributed by atoms with van der Waals surface area (Å²) in [5.41, 5.74) is 7.49. The van der Waals surface area contributed by atoms with E-state index in [0.29, 0.717) is 21.9 Å². The van der Waals surface area contributed by atoms with E-state index in [4.69, 9.17) is 5.73 Å². The Morgan fingerprint density at radius 3 is 2.94 bits per heavy atom. The average molecular weight is 313 g/mol. The van der Waals surface area contributed by atoms with Gasteiger partial charge in [0.15, 0.2) is 0 Å². The zero-order valence-electron chi connectivity index (χ0n) is 8.90. The van der Waals surface area contributed by atoms with E-state index in [2.05, 4.69) is 30.8 Å². The quantitative estimate of drug-likeness (QED) is 0.835. The molecule has 0 fully saturated rings. The molecular formula is C10H9BrN4OS. The molecule has 5 nitrogen and oxygen atoms in total. The number of benzene rings is 1. The first kappa shape index (κ1) is 12.0. The predicted molar refractivity (Wildman–Crippen MR) is 71.2 cm³/mol. The minimum absolute atomic E-state index is 0.233. The van der Waals surface area contributed by atoms with Crippen LogP contribution in [0.3, 0.4) is 0 Å². The molecule has 88 valence electrons. The smallest absolute Gasteiger partial charge is 0.269 e. The highest BCUT2D eigenvalue weighted by atomic mass is 79.9. The van der Waals surface area contributed by atoms with Crippen LogP contribution in [0.5, 0.6) is 0 Å². The van der Waals surface area contributed by atoms with Gasteiger partial charge < -0.3 is 11.1 Å². The van der Waals surface area contributed by atoms with Crippen LogP contribution < -0.4 is 11.1 Å². The monoisotopic (exact) mass is 312 g/mol. The molecule has 2 aromatic rings. The van der Waals surface area contributed by atoms with Crippen LogP contribution >= 0.6 is 27.5 Å². The molecule has 0 radical (unpaired) electrons. The highest BCUT2D eigenvalue weighted by molar-refractivity contribution is 9.10. The molecule has 0 aliphatic rings. The Balaban J connectivity index is 2.24. The minimum atomic E-state index is -0.233. The van der Waals surface area contributed by atoms with Gasteiger partial charge in [-0.05, 0) is 52.6 Å². The Kier molecular flexibility index (Phi) is 3.39. The Hall–Kier alpha value is -1.47. The maximum atomic E-state index is 11.9. The van der Waals surface area contributed by atoms with Gasteiger partial charge >= 0.3 is 0 Å². The minimum Gasteiger partial charge on any atom is -0.399 e. The standard InChI is InChI=1S/C10H9BrN4OS/c1-5-9(17-15-14-5)10(16)13-8-4-6(12)2-3-7(8)11/h2-4H,12H2,1H3,(H,13,16). The second-order valence-corrected chi connectivity index (χ2v) is 4.99. The molecule has 1 heterocycles. The number of nitrogen functional groups attached to an aromatic ring is 1. The first-order valence-electron chi connectivity index (χ1n) is 4.73. The van der Waals surface area contributed by atoms with Crippen molar-refractivity contribution in [1.29, 1.82) is 0 Å². The molecule has 3 N–H and O–H groups in total. The Morgan fingerprint density at radius 2 is 2.29 bits per heavy atom. The predicted octanol–water partition coefficient (Wildman–Crippen LogP) is 2.44. The van der Waals surface area contributed by atoms with Crippen LogP contribution in [0.2, 0.25) is 0 Å². The summed E-state index contributed by atoms with van der Waals surface area (Å²) in [5.74, 6) is -0.233. The van der Waals surface area contributed by atoms with Gasteiger partial charge in [-0.1, -0.05) is 4.49 Å². The van der Waals surface area contributed by atoms with Crippen molar-refractivity contribution in [2.24, 2.45) is 0 Å². The molecule has 0 aliphatic heterocycles. The second kappa shape index (κ2) is 4.80. The topological polar surface area (TPSA) is 80.9 Å². The molecule has 0 spiro atoms. The van der Waals surface area contributed by atoms with Crippen molar-refractivity contribution in [1.82, 2.24) is 9.59 Å². The summed E-state index contributed by atoms with van der Waals surface area (Å²) >= 11 is 4.41. The van der Waals surface area contributed by atoms with E-state index in [1.165, 1.54) is 0 Å². The van der Waals surface area contributed by atoms with Crippen molar-refractivity contribution < 1.29 is 4.79 Å². The molecular weight excluding hydrogens is 304 g/mol. The Bertz CT molecular complexity index is 569. The molecule has 0 bridgehead atoms. The average Bonchev–Trinajstić information content (AvgIpc) is 2.70. The van der Waals surface area contributed by atoms with E-state index in [1.807, 2.05) is 0 Å². The number of aromatic nitrogens is 2. The maximum Gasteiger partial charge on any atom is 0.269 e. The lowest BCUT2D eigenvalue weighted by Gasteiger charge is -2.07. The van der Waals surface area contributed by atoms with Gasteiger partial charge in [-0.2, -0.15) is 0 Å². The number of rotatable bonds is 2. The van der Waals surface area contributed by atoms with Crippen molar-refractivity contribution in [3.05, 3.63) is 33.2 Å². The first-order chi connectivity index (χ1) is 8.08. The maximum absolute atomic E-state index is 11.9. The van der Waals surface area contributed by atoms with Crippen LogP contribution in [-0.2, 0) is 0 Å². The lowest BCUT2D eigenvalue weighted by atomic mass is 10.2. The van der Waals surface area contributed by atoms with Gasteiger partial charge in [0, 0.05) is 10.2 Å². The normalized spacial score (nSPS) is 10.2. The van der Waals surface area contributed by atoms with Gasteiger partial charge in [0.2, 0.25) is 0 Å². The number of aryl methyl sites for hydroxylation is 1. The molecule has 0 saturated heterocycles. The third-order valence-corrected chi connectivity index (χ3v) is 3.61. The molecule has 0 unspecified atom stereocenters. The third kappa shape index (κ3) is 2.62. The fourth-order valence-electron chi connectivity index (χ4n) is 1.26. The number of halogens is 1. The Morgan fingerprint density at radius 1 is 1.53 bits per heavy atom. The van der Waals surface area contributed by atoms with Crippen LogP contribution in [0.1, 0.15) is 15.4 Å². The number of hydrogen-bond acceptors (Lipinski definition) is 5. The van der Waals surface area contributed by atoms with E-state index in [9.17, 15) is 4.79 Å². The van der Waals surface area contributed by atoms with Gasteiger partial charge in [0.25, 0.3) is 5.91 Å². The van der Waals surface area contributed by atoms with E-state index in [0.717, 1.165) is 16.0 Å². The van der Waals surface area contributed by atoms with Crippen molar-refractivity contribution in [3.63, 3.8) is 0 Å². The van der Waals surface area contributed by atoms with Crippen LogP contribution in [0, 0.1) is 6.92 Å². The molecule has 17 heavy (non-hydrogen) atoms. The third-order valence-electron chi connectivity index (χ3n) is 2.10. The van der Waals surface area contributed by atoms with Gasteiger partial charge in [-0.25, -0.2) is 0 Å². The van der Waals surface area contributed by atoms with Crippen LogP contribution in [0.25, 0.3) is 0 Å². The van der Waals surface area contributed by atoms with E-state index >= 15 is 0 Å². The highest BCUT2D eigenvalue weighted by Crippen LogP contribution is 2.25. The molecule has 1 aromatic heterocycles. The molecule has 0 saturated carbocycles. The number of nitrogens with zero attached hydrogens (tertiary/aromatic N) is 2. The summed E-state index contributed by atoms with van der Waals surface area (Å²) in [7, 11) is 0. The largest absolute Gasteiger partial charge is 0.399 e. The Labute approximate surface area is 110 Å². The number of carbonyl (C=O) groups excluding carboxylic acids is 1. The summed E-state index contributed by atoms with van der Waals surface area (Å²) in [6, 6.07) is 5.22. The van der Waals surface area contributed by atoms with Crippen molar-refractivity contribution in [2.75, 3.05) is 11.1 Å². The molecule has 1 aromatic carbocycles. The van der Waals surface area contributed by atoms with Crippen molar-refractivity contribution in [3.8, 4) is 0 Å². The molecule has 0 aliphatic carbocycles. The summed E-state index contributed by atoms with van der Waals surface area (Å²) in [4.78, 5) is 12.4. The number of nitrogens with one attached hydrogen (secondary N) is 1. The van der Waals surface area contributed by atoms with Crippen LogP contribution in [0.15, 0.2) is 22.7 Å². The number of carbonyl (C=O) groups is 1. The summed E-state index contributed by atoms with van der Waals surface area (Å²) in [6.07, 6.45) is 0. The summed E-state index contributed by atoms with van der Waals surface area (Å²) in [6.45, 7) is 1.74. The number of anilines is 2. The van der Waals surface area contributed by atoms with Gasteiger partial charge in [0.05, 0.1) is 11.4 Å². The first-order valence-corrected chi connectivity index (χ1v) is 6.30. The van der Waals surface area contributed by atoms with Crippen LogP contribution in [0.4, 0.5) is 11.4 Å². The zero-order chi connectivity index (χ0) is 12.4. The fraction of sp³-hybridized carbons (Fsp3) is 0.100. The van der Waals surface area contributed by atoms with Gasteiger partial charge in [-0.15, -0.1) is 5.10 Å². The van der Waals surface area contributed by atoms with E-state index in [1.54, 1.807) is 25.1 Å². The molecule has 7 heteroatoms. The second-order valence-electron chi connectivity index (χ2n) is 3.38. The summed E-state index contributed by atoms with van der Waals surface area (Å²) < 4.78 is 4.49. The van der Waals surface area contributed by atoms with Gasteiger partial charge in [-0.3, -0.25) is 4.79 Å². The van der Waals surface area contributed by atoms with Crippen molar-refractivity contribution in [2.45, 2.75) is 6.92 Å². The fourth-order valence-corrected chi connectivity index (χ4v) is 2.16. The van der Waals surface area contributed by atoms with Gasteiger partial charge in [0.1, 0.15) is 4.88 Å². The molecule has 0 atom stereocenters. The van der Waals surface area contributed by atoms with Crippen LogP contribution in [-0.4, -0.2) is 15.5 Å². The van der Waals surface area contributed by atoms with E-state index < -0.39 is 0 Å². The number of amides is 1. The highest BCUT2D eigenvalue weighted by Gasteiger charge is 2.14. The molecule has 1 amide bonds. The number of hydrogen-bond donors (Lipinski definition) is 2. The van der Waals surface area contributed by atoms with Crippen molar-refractivity contribution >= 4 is 44.7 Å². The summed E-state index contributed by atoms with van der Waals surface area (Å²) in [5, 5.41) is 6.55. The SMILES string of the molecule is Cc1nnsc1C(=O)Nc1cc(N)ccc1Br. The lowest BCUT2D eigenvalue weighted by Crippen LogP contribution is -2.12.